The van der Waals surface area contributed by atoms with Crippen molar-refractivity contribution in [1.29, 1.82) is 0 Å². The second kappa shape index (κ2) is 4.68. The van der Waals surface area contributed by atoms with Gasteiger partial charge in [0.1, 0.15) is 0 Å². The van der Waals surface area contributed by atoms with Crippen LogP contribution in [0.5, 0.6) is 5.75 Å². The number of nitrogens with one attached hydrogen (secondary N) is 1. The summed E-state index contributed by atoms with van der Waals surface area (Å²) in [6.07, 6.45) is 0. The molecule has 4 heteroatoms. The van der Waals surface area contributed by atoms with Gasteiger partial charge in [-0.05, 0) is 5.41 Å². The van der Waals surface area contributed by atoms with Gasteiger partial charge in [-0.15, -0.1) is 0 Å². The molecular formula is C12H17F2NO. The summed E-state index contributed by atoms with van der Waals surface area (Å²) in [7, 11) is 1.24. The first-order chi connectivity index (χ1) is 7.33. The van der Waals surface area contributed by atoms with E-state index >= 15 is 0 Å². The Kier molecular flexibility index (Phi) is 3.73. The van der Waals surface area contributed by atoms with Crippen molar-refractivity contribution in [2.75, 3.05) is 19.0 Å². The Morgan fingerprint density at radius 1 is 1.19 bits per heavy atom. The second-order valence-corrected chi connectivity index (χ2v) is 4.89. The summed E-state index contributed by atoms with van der Waals surface area (Å²) in [5.74, 6) is -1.74. The number of benzene rings is 1. The van der Waals surface area contributed by atoms with Crippen molar-refractivity contribution in [2.45, 2.75) is 20.8 Å². The molecule has 0 spiro atoms. The highest BCUT2D eigenvalue weighted by molar-refractivity contribution is 5.48. The molecule has 0 fully saturated rings. The van der Waals surface area contributed by atoms with Gasteiger partial charge in [-0.2, -0.15) is 0 Å². The van der Waals surface area contributed by atoms with Crippen LogP contribution in [0.2, 0.25) is 0 Å². The normalized spacial score (nSPS) is 11.4. The predicted octanol–water partition coefficient (Wildman–Crippen LogP) is 3.43. The number of hydrogen-bond acceptors (Lipinski definition) is 2. The first kappa shape index (κ1) is 12.7. The van der Waals surface area contributed by atoms with Gasteiger partial charge in [0.2, 0.25) is 0 Å². The van der Waals surface area contributed by atoms with Crippen LogP contribution in [0.1, 0.15) is 20.8 Å². The monoisotopic (exact) mass is 229 g/mol. The minimum Gasteiger partial charge on any atom is -0.491 e. The van der Waals surface area contributed by atoms with E-state index in [-0.39, 0.29) is 11.2 Å². The van der Waals surface area contributed by atoms with Crippen molar-refractivity contribution >= 4 is 5.69 Å². The van der Waals surface area contributed by atoms with Gasteiger partial charge in [0.05, 0.1) is 7.11 Å². The van der Waals surface area contributed by atoms with E-state index in [1.807, 2.05) is 20.8 Å². The van der Waals surface area contributed by atoms with Crippen LogP contribution >= 0.6 is 0 Å². The standard InChI is InChI=1S/C12H17F2NO/c1-12(2,3)7-15-8-5-9(13)11(16-4)10(14)6-8/h5-6,15H,7H2,1-4H3. The van der Waals surface area contributed by atoms with E-state index in [0.717, 1.165) is 0 Å². The highest BCUT2D eigenvalue weighted by atomic mass is 19.1. The quantitative estimate of drug-likeness (QED) is 0.857. The Balaban J connectivity index is 2.84. The molecule has 0 unspecified atom stereocenters. The van der Waals surface area contributed by atoms with Crippen molar-refractivity contribution in [3.8, 4) is 5.75 Å². The summed E-state index contributed by atoms with van der Waals surface area (Å²) in [5.41, 5.74) is 0.470. The van der Waals surface area contributed by atoms with E-state index in [0.29, 0.717) is 12.2 Å². The molecule has 90 valence electrons. The largest absolute Gasteiger partial charge is 0.491 e. The second-order valence-electron chi connectivity index (χ2n) is 4.89. The predicted molar refractivity (Wildman–Crippen MR) is 60.9 cm³/mol. The van der Waals surface area contributed by atoms with Gasteiger partial charge in [-0.1, -0.05) is 20.8 Å². The Labute approximate surface area is 94.6 Å². The van der Waals surface area contributed by atoms with Crippen molar-refractivity contribution < 1.29 is 13.5 Å². The fourth-order valence-electron chi connectivity index (χ4n) is 1.22. The fraction of sp³-hybridized carbons (Fsp3) is 0.500. The number of anilines is 1. The summed E-state index contributed by atoms with van der Waals surface area (Å²) >= 11 is 0. The zero-order chi connectivity index (χ0) is 12.3. The third-order valence-corrected chi connectivity index (χ3v) is 2.03. The Hall–Kier alpha value is -1.32. The van der Waals surface area contributed by atoms with Gasteiger partial charge in [-0.25, -0.2) is 8.78 Å². The molecule has 1 aromatic carbocycles. The van der Waals surface area contributed by atoms with Crippen LogP contribution in [0.3, 0.4) is 0 Å². The molecule has 0 atom stereocenters. The molecule has 0 saturated carbocycles. The van der Waals surface area contributed by atoms with Crippen LogP contribution in [-0.2, 0) is 0 Å². The van der Waals surface area contributed by atoms with Gasteiger partial charge >= 0.3 is 0 Å². The summed E-state index contributed by atoms with van der Waals surface area (Å²) in [4.78, 5) is 0. The van der Waals surface area contributed by atoms with Gasteiger partial charge in [0, 0.05) is 24.4 Å². The Morgan fingerprint density at radius 3 is 2.06 bits per heavy atom. The molecule has 0 aliphatic heterocycles. The summed E-state index contributed by atoms with van der Waals surface area (Å²) in [6, 6.07) is 2.46. The average Bonchev–Trinajstić information content (AvgIpc) is 2.13. The molecule has 16 heavy (non-hydrogen) atoms. The molecule has 1 rings (SSSR count). The minimum atomic E-state index is -0.695. The number of rotatable bonds is 3. The molecule has 0 heterocycles. The van der Waals surface area contributed by atoms with E-state index in [9.17, 15) is 8.78 Å². The maximum Gasteiger partial charge on any atom is 0.190 e. The van der Waals surface area contributed by atoms with Crippen LogP contribution in [0.4, 0.5) is 14.5 Å². The van der Waals surface area contributed by atoms with Crippen LogP contribution in [0.25, 0.3) is 0 Å². The van der Waals surface area contributed by atoms with Crippen molar-refractivity contribution in [3.05, 3.63) is 23.8 Å². The average molecular weight is 229 g/mol. The van der Waals surface area contributed by atoms with Crippen molar-refractivity contribution in [1.82, 2.24) is 0 Å². The van der Waals surface area contributed by atoms with Crippen molar-refractivity contribution in [2.24, 2.45) is 5.41 Å². The third-order valence-electron chi connectivity index (χ3n) is 2.03. The third kappa shape index (κ3) is 3.36. The van der Waals surface area contributed by atoms with Crippen LogP contribution in [0, 0.1) is 17.0 Å². The lowest BCUT2D eigenvalue weighted by Gasteiger charge is -2.20. The van der Waals surface area contributed by atoms with Gasteiger partial charge < -0.3 is 10.1 Å². The van der Waals surface area contributed by atoms with Crippen LogP contribution in [0.15, 0.2) is 12.1 Å². The molecule has 1 aromatic rings. The van der Waals surface area contributed by atoms with E-state index in [4.69, 9.17) is 0 Å². The molecule has 0 aliphatic rings. The zero-order valence-corrected chi connectivity index (χ0v) is 10.0. The number of halogens is 2. The Bertz CT molecular complexity index is 349. The molecule has 0 saturated heterocycles. The minimum absolute atomic E-state index is 0.0485. The number of hydrogen-bond donors (Lipinski definition) is 1. The van der Waals surface area contributed by atoms with Gasteiger partial charge in [-0.3, -0.25) is 0 Å². The highest BCUT2D eigenvalue weighted by Gasteiger charge is 2.13. The topological polar surface area (TPSA) is 21.3 Å². The maximum absolute atomic E-state index is 13.3. The first-order valence-corrected chi connectivity index (χ1v) is 5.10. The van der Waals surface area contributed by atoms with Gasteiger partial charge in [0.25, 0.3) is 0 Å². The maximum atomic E-state index is 13.3. The molecule has 1 N–H and O–H groups in total. The molecule has 2 nitrogen and oxygen atoms in total. The number of methoxy groups -OCH3 is 1. The smallest absolute Gasteiger partial charge is 0.190 e. The fourth-order valence-corrected chi connectivity index (χ4v) is 1.22. The molecule has 0 radical (unpaired) electrons. The summed E-state index contributed by atoms with van der Waals surface area (Å²) in [6.45, 7) is 6.75. The molecule has 0 aromatic heterocycles. The first-order valence-electron chi connectivity index (χ1n) is 5.10. The van der Waals surface area contributed by atoms with Gasteiger partial charge in [0.15, 0.2) is 17.4 Å². The van der Waals surface area contributed by atoms with Crippen LogP contribution in [-0.4, -0.2) is 13.7 Å². The Morgan fingerprint density at radius 2 is 1.69 bits per heavy atom. The SMILES string of the molecule is COc1c(F)cc(NCC(C)(C)C)cc1F. The lowest BCUT2D eigenvalue weighted by Crippen LogP contribution is -2.19. The summed E-state index contributed by atoms with van der Waals surface area (Å²) in [5, 5.41) is 2.98. The lowest BCUT2D eigenvalue weighted by atomic mass is 9.97. The van der Waals surface area contributed by atoms with Crippen molar-refractivity contribution in [3.63, 3.8) is 0 Å². The molecule has 0 bridgehead atoms. The molecule has 0 aliphatic carbocycles. The van der Waals surface area contributed by atoms with E-state index in [1.54, 1.807) is 0 Å². The lowest BCUT2D eigenvalue weighted by molar-refractivity contribution is 0.360. The number of ether oxygens (including phenoxy) is 1. The molecular weight excluding hydrogens is 212 g/mol. The zero-order valence-electron chi connectivity index (χ0n) is 10.0. The van der Waals surface area contributed by atoms with E-state index < -0.39 is 11.6 Å². The summed E-state index contributed by atoms with van der Waals surface area (Å²) < 4.78 is 31.3. The van der Waals surface area contributed by atoms with E-state index in [1.165, 1.54) is 19.2 Å². The molecule has 0 amide bonds. The van der Waals surface area contributed by atoms with E-state index in [2.05, 4.69) is 10.1 Å². The highest BCUT2D eigenvalue weighted by Crippen LogP contribution is 2.26. The van der Waals surface area contributed by atoms with Crippen LogP contribution < -0.4 is 10.1 Å².